The van der Waals surface area contributed by atoms with Crippen LogP contribution in [0.3, 0.4) is 0 Å². The van der Waals surface area contributed by atoms with Crippen LogP contribution >= 0.6 is 0 Å². The van der Waals surface area contributed by atoms with Crippen molar-refractivity contribution in [2.24, 2.45) is 0 Å². The molecule has 3 aliphatic rings. The molecule has 0 N–H and O–H groups in total. The number of allylic oxidation sites excluding steroid dienone is 12. The summed E-state index contributed by atoms with van der Waals surface area (Å²) in [6.45, 7) is 0. The van der Waals surface area contributed by atoms with Gasteiger partial charge in [-0.05, 0) is 0 Å². The van der Waals surface area contributed by atoms with Crippen molar-refractivity contribution < 1.29 is 36.9 Å². The first kappa shape index (κ1) is 15.7. The van der Waals surface area contributed by atoms with Gasteiger partial charge in [0.05, 0.1) is 0 Å². The Bertz CT molecular complexity index is 232. The minimum atomic E-state index is 0. The van der Waals surface area contributed by atoms with Crippen LogP contribution in [-0.2, 0) is 0 Å². The zero-order chi connectivity index (χ0) is 10.6. The molecule has 0 unspecified atom stereocenters. The van der Waals surface area contributed by atoms with Crippen molar-refractivity contribution in [3.05, 3.63) is 72.9 Å². The van der Waals surface area contributed by atoms with Gasteiger partial charge in [0.2, 0.25) is 0 Å². The maximum absolute atomic E-state index is 2.99. The van der Waals surface area contributed by atoms with E-state index in [2.05, 4.69) is 36.5 Å². The average Bonchev–Trinajstić information content (AvgIpc) is 3.09. The van der Waals surface area contributed by atoms with Crippen molar-refractivity contribution >= 4 is 0 Å². The minimum absolute atomic E-state index is 0. The molecule has 0 aliphatic heterocycles. The zero-order valence-electron chi connectivity index (χ0n) is 9.08. The molecule has 0 saturated heterocycles. The van der Waals surface area contributed by atoms with E-state index in [1.807, 2.05) is 36.5 Å². The van der Waals surface area contributed by atoms with Crippen LogP contribution in [0.2, 0.25) is 0 Å². The van der Waals surface area contributed by atoms with E-state index in [1.54, 1.807) is 0 Å². The van der Waals surface area contributed by atoms with E-state index >= 15 is 0 Å². The van der Waals surface area contributed by atoms with Crippen molar-refractivity contribution in [2.75, 3.05) is 0 Å². The van der Waals surface area contributed by atoms with Gasteiger partial charge in [-0.1, -0.05) is 0 Å². The fraction of sp³-hybridized carbons (Fsp3) is 0.200. The van der Waals surface area contributed by atoms with Crippen molar-refractivity contribution in [1.29, 1.82) is 0 Å². The Balaban J connectivity index is 0.000000205. The van der Waals surface area contributed by atoms with Crippen molar-refractivity contribution in [2.45, 2.75) is 19.3 Å². The second-order valence-corrected chi connectivity index (χ2v) is 3.01. The molecule has 3 rings (SSSR count). The monoisotopic (exact) mass is 370 g/mol. The van der Waals surface area contributed by atoms with Crippen molar-refractivity contribution in [3.8, 4) is 0 Å². The van der Waals surface area contributed by atoms with Crippen LogP contribution in [0.15, 0.2) is 54.7 Å². The number of hydrogen-bond donors (Lipinski definition) is 0. The molecule has 0 nitrogen and oxygen atoms in total. The molecule has 0 saturated carbocycles. The molecule has 0 fully saturated rings. The summed E-state index contributed by atoms with van der Waals surface area (Å²) >= 11 is 0. The van der Waals surface area contributed by atoms with E-state index in [4.69, 9.17) is 0 Å². The summed E-state index contributed by atoms with van der Waals surface area (Å²) in [5, 5.41) is 0. The Morgan fingerprint density at radius 2 is 0.875 bits per heavy atom. The topological polar surface area (TPSA) is 0 Å². The summed E-state index contributed by atoms with van der Waals surface area (Å²) in [5.74, 6) is 0. The van der Waals surface area contributed by atoms with Gasteiger partial charge in [-0.3, -0.25) is 18.2 Å². The Kier molecular flexibility index (Phi) is 12.5. The third-order valence-electron chi connectivity index (χ3n) is 1.76. The fourth-order valence-electron chi connectivity index (χ4n) is 1.02. The fourth-order valence-corrected chi connectivity index (χ4v) is 1.02. The molecule has 3 aliphatic carbocycles. The molecule has 0 atom stereocenters. The first-order valence-electron chi connectivity index (χ1n) is 5.15. The van der Waals surface area contributed by atoms with Crippen LogP contribution in [-0.4, -0.2) is 0 Å². The van der Waals surface area contributed by atoms with Gasteiger partial charge in [-0.2, -0.15) is 18.2 Å². The average molecular weight is 370 g/mol. The standard InChI is InChI=1S/3C5H5.Lu/c3*1-2-4-5-3-1;/h3*1-3H,4H2;/q3*-1;+3. The van der Waals surface area contributed by atoms with Crippen LogP contribution < -0.4 is 0 Å². The molecule has 90 valence electrons. The van der Waals surface area contributed by atoms with E-state index in [0.717, 1.165) is 19.3 Å². The maximum Gasteiger partial charge on any atom is 3.00 e. The van der Waals surface area contributed by atoms with Gasteiger partial charge in [0.1, 0.15) is 0 Å². The van der Waals surface area contributed by atoms with E-state index in [-0.39, 0.29) is 36.9 Å². The Morgan fingerprint density at radius 1 is 0.562 bits per heavy atom. The summed E-state index contributed by atoms with van der Waals surface area (Å²) in [4.78, 5) is 0. The summed E-state index contributed by atoms with van der Waals surface area (Å²) < 4.78 is 0. The zero-order valence-corrected chi connectivity index (χ0v) is 10.7. The van der Waals surface area contributed by atoms with Gasteiger partial charge < -0.3 is 0 Å². The van der Waals surface area contributed by atoms with Gasteiger partial charge in [0, 0.05) is 0 Å². The van der Waals surface area contributed by atoms with Gasteiger partial charge in [-0.15, -0.1) is 19.3 Å². The first-order valence-corrected chi connectivity index (χ1v) is 5.15. The first-order chi connectivity index (χ1) is 7.50. The summed E-state index contributed by atoms with van der Waals surface area (Å²) in [6.07, 6.45) is 30.0. The summed E-state index contributed by atoms with van der Waals surface area (Å²) in [5.41, 5.74) is 0. The van der Waals surface area contributed by atoms with Gasteiger partial charge in [0.25, 0.3) is 0 Å². The van der Waals surface area contributed by atoms with Crippen LogP contribution in [0.1, 0.15) is 19.3 Å². The molecule has 16 heavy (non-hydrogen) atoms. The van der Waals surface area contributed by atoms with Crippen molar-refractivity contribution in [1.82, 2.24) is 0 Å². The molecule has 0 heterocycles. The van der Waals surface area contributed by atoms with E-state index < -0.39 is 0 Å². The number of rotatable bonds is 0. The largest absolute Gasteiger partial charge is 3.00 e. The summed E-state index contributed by atoms with van der Waals surface area (Å²) in [7, 11) is 0. The third-order valence-corrected chi connectivity index (χ3v) is 1.76. The second-order valence-electron chi connectivity index (χ2n) is 3.01. The van der Waals surface area contributed by atoms with Crippen LogP contribution in [0.4, 0.5) is 0 Å². The van der Waals surface area contributed by atoms with E-state index in [0.29, 0.717) is 0 Å². The predicted octanol–water partition coefficient (Wildman–Crippen LogP) is 3.92. The van der Waals surface area contributed by atoms with Gasteiger partial charge >= 0.3 is 36.9 Å². The van der Waals surface area contributed by atoms with Crippen LogP contribution in [0, 0.1) is 55.1 Å². The quantitative estimate of drug-likeness (QED) is 0.567. The molecular weight excluding hydrogens is 355 g/mol. The molecule has 0 radical (unpaired) electrons. The van der Waals surface area contributed by atoms with Crippen molar-refractivity contribution in [3.63, 3.8) is 0 Å². The number of hydrogen-bond acceptors (Lipinski definition) is 0. The second kappa shape index (κ2) is 12.7. The smallest absolute Gasteiger partial charge is 0.273 e. The Morgan fingerprint density at radius 3 is 0.938 bits per heavy atom. The van der Waals surface area contributed by atoms with Gasteiger partial charge in [0.15, 0.2) is 0 Å². The summed E-state index contributed by atoms with van der Waals surface area (Å²) in [6, 6.07) is 0. The molecule has 0 amide bonds. The molecule has 0 aromatic rings. The third kappa shape index (κ3) is 10.2. The molecule has 0 bridgehead atoms. The molecule has 0 spiro atoms. The molecule has 0 aromatic heterocycles. The van der Waals surface area contributed by atoms with Gasteiger partial charge in [-0.25, -0.2) is 36.5 Å². The van der Waals surface area contributed by atoms with E-state index in [9.17, 15) is 0 Å². The SMILES string of the molecule is [C-]1=CC=CC1.[C-]1=CC=CC1.[C-]1=CC=CC1.[Lu+3]. The van der Waals surface area contributed by atoms with Crippen LogP contribution in [0.5, 0.6) is 0 Å². The minimum Gasteiger partial charge on any atom is -0.273 e. The molecule has 1 heteroatoms. The molecule has 0 aromatic carbocycles. The molecular formula is C15H15Lu. The maximum atomic E-state index is 2.99. The normalized spacial score (nSPS) is 16.5. The Hall–Kier alpha value is -0.326. The predicted molar refractivity (Wildman–Crippen MR) is 64.7 cm³/mol. The van der Waals surface area contributed by atoms with Crippen LogP contribution in [0.25, 0.3) is 0 Å². The van der Waals surface area contributed by atoms with E-state index in [1.165, 1.54) is 0 Å². The Labute approximate surface area is 128 Å².